The summed E-state index contributed by atoms with van der Waals surface area (Å²) in [5.41, 5.74) is 10.6. The summed E-state index contributed by atoms with van der Waals surface area (Å²) in [7, 11) is 0. The number of rotatable bonds is 18. The van der Waals surface area contributed by atoms with Gasteiger partial charge in [0.05, 0.1) is 37.5 Å². The second-order valence-corrected chi connectivity index (χ2v) is 14.8. The number of fused-ring (bicyclic) bond motifs is 2. The van der Waals surface area contributed by atoms with Gasteiger partial charge in [0, 0.05) is 12.8 Å². The van der Waals surface area contributed by atoms with E-state index in [9.17, 15) is 29.7 Å². The molecule has 0 heterocycles. The van der Waals surface area contributed by atoms with Gasteiger partial charge in [-0.2, -0.15) is 0 Å². The lowest BCUT2D eigenvalue weighted by Crippen LogP contribution is -2.58. The van der Waals surface area contributed by atoms with Gasteiger partial charge in [-0.05, 0) is 39.3 Å². The summed E-state index contributed by atoms with van der Waals surface area (Å²) in [6.45, 7) is 2.48. The van der Waals surface area contributed by atoms with Gasteiger partial charge < -0.3 is 50.6 Å². The Morgan fingerprint density at radius 1 is 0.667 bits per heavy atom. The van der Waals surface area contributed by atoms with Crippen LogP contribution in [0.4, 0.5) is 0 Å². The lowest BCUT2D eigenvalue weighted by Gasteiger charge is -2.35. The first-order chi connectivity index (χ1) is 27.5. The van der Waals surface area contributed by atoms with Crippen LogP contribution >= 0.6 is 0 Å². The van der Waals surface area contributed by atoms with Crippen molar-refractivity contribution >= 4 is 17.8 Å². The van der Waals surface area contributed by atoms with Crippen LogP contribution in [0.3, 0.4) is 0 Å². The molecule has 0 aliphatic heterocycles. The molecule has 13 nitrogen and oxygen atoms in total. The number of hydrogen-bond acceptors (Lipinski definition) is 11. The van der Waals surface area contributed by atoms with Gasteiger partial charge >= 0.3 is 5.97 Å². The predicted molar refractivity (Wildman–Crippen MR) is 209 cm³/mol. The van der Waals surface area contributed by atoms with Gasteiger partial charge in [-0.25, -0.2) is 0 Å². The fourth-order valence-corrected chi connectivity index (χ4v) is 7.21. The van der Waals surface area contributed by atoms with Crippen LogP contribution in [0.1, 0.15) is 59.3 Å². The van der Waals surface area contributed by atoms with E-state index in [0.717, 1.165) is 16.7 Å². The van der Waals surface area contributed by atoms with Crippen LogP contribution in [0, 0.1) is 5.92 Å². The number of aliphatic hydroxyl groups is 3. The summed E-state index contributed by atoms with van der Waals surface area (Å²) in [6.07, 6.45) is -8.33. The highest BCUT2D eigenvalue weighted by molar-refractivity contribution is 5.84. The van der Waals surface area contributed by atoms with Crippen LogP contribution in [0.15, 0.2) is 109 Å². The molecule has 0 radical (unpaired) electrons. The number of hydrogen-bond donors (Lipinski definition) is 6. The number of amides is 2. The van der Waals surface area contributed by atoms with E-state index in [1.807, 2.05) is 48.5 Å². The lowest BCUT2D eigenvalue weighted by atomic mass is 9.99. The van der Waals surface area contributed by atoms with Crippen LogP contribution in [-0.2, 0) is 59.4 Å². The zero-order valence-electron chi connectivity index (χ0n) is 32.0. The van der Waals surface area contributed by atoms with E-state index < -0.39 is 79.3 Å². The molecule has 302 valence electrons. The van der Waals surface area contributed by atoms with E-state index in [0.29, 0.717) is 29.5 Å². The summed E-state index contributed by atoms with van der Waals surface area (Å²) in [4.78, 5) is 41.7. The Morgan fingerprint density at radius 2 is 1.11 bits per heavy atom. The van der Waals surface area contributed by atoms with Crippen molar-refractivity contribution in [2.75, 3.05) is 6.79 Å². The Bertz CT molecular complexity index is 1950. The van der Waals surface area contributed by atoms with E-state index in [1.165, 1.54) is 0 Å². The Labute approximate surface area is 332 Å². The summed E-state index contributed by atoms with van der Waals surface area (Å²) < 4.78 is 23.9. The smallest absolute Gasteiger partial charge is 0.325 e. The number of esters is 1. The number of benzene rings is 4. The molecular formula is C44H51N3O10. The van der Waals surface area contributed by atoms with Crippen molar-refractivity contribution in [3.63, 3.8) is 0 Å². The second-order valence-electron chi connectivity index (χ2n) is 14.8. The van der Waals surface area contributed by atoms with E-state index >= 15 is 0 Å². The van der Waals surface area contributed by atoms with Gasteiger partial charge in [-0.3, -0.25) is 14.4 Å². The highest BCUT2D eigenvalue weighted by Crippen LogP contribution is 2.33. The van der Waals surface area contributed by atoms with Crippen molar-refractivity contribution in [1.82, 2.24) is 10.6 Å². The topological polar surface area (TPSA) is 199 Å². The van der Waals surface area contributed by atoms with Crippen LogP contribution in [0.25, 0.3) is 0 Å². The molecule has 2 aliphatic carbocycles. The Hall–Kier alpha value is -4.99. The third kappa shape index (κ3) is 10.3. The molecule has 0 saturated carbocycles. The van der Waals surface area contributed by atoms with Crippen LogP contribution in [0.2, 0.25) is 0 Å². The largest absolute Gasteiger partial charge is 0.437 e. The molecule has 4 aromatic carbocycles. The maximum absolute atomic E-state index is 14.5. The molecule has 6 rings (SSSR count). The van der Waals surface area contributed by atoms with Crippen molar-refractivity contribution in [2.45, 2.75) is 94.7 Å². The average Bonchev–Trinajstić information content (AvgIpc) is 3.71. The molecule has 0 spiro atoms. The zero-order chi connectivity index (χ0) is 40.5. The number of ether oxygens (including phenoxy) is 4. The van der Waals surface area contributed by atoms with Gasteiger partial charge in [0.1, 0.15) is 18.2 Å². The first-order valence-electron chi connectivity index (χ1n) is 19.2. The van der Waals surface area contributed by atoms with Gasteiger partial charge in [0.15, 0.2) is 19.0 Å². The van der Waals surface area contributed by atoms with Crippen molar-refractivity contribution in [1.29, 1.82) is 0 Å². The molecule has 4 aromatic rings. The Kier molecular flexibility index (Phi) is 14.2. The third-order valence-corrected chi connectivity index (χ3v) is 10.5. The van der Waals surface area contributed by atoms with E-state index in [1.54, 1.807) is 74.5 Å². The van der Waals surface area contributed by atoms with Gasteiger partial charge in [0.25, 0.3) is 11.8 Å². The fraction of sp³-hybridized carbons (Fsp3) is 0.386. The average molecular weight is 782 g/mol. The highest BCUT2D eigenvalue weighted by Gasteiger charge is 2.45. The second kappa shape index (κ2) is 19.4. The van der Waals surface area contributed by atoms with Gasteiger partial charge in [-0.15, -0.1) is 0 Å². The molecule has 0 saturated heterocycles. The maximum Gasteiger partial charge on any atom is 0.325 e. The number of nitrogens with two attached hydrogens (primary N) is 1. The molecule has 9 atom stereocenters. The molecule has 0 aromatic heterocycles. The quantitative estimate of drug-likeness (QED) is 0.0641. The highest BCUT2D eigenvalue weighted by atomic mass is 16.7. The lowest BCUT2D eigenvalue weighted by molar-refractivity contribution is -0.204. The number of aliphatic hydroxyl groups excluding tert-OH is 3. The minimum atomic E-state index is -1.94. The predicted octanol–water partition coefficient (Wildman–Crippen LogP) is 2.94. The Balaban J connectivity index is 1.34. The molecular weight excluding hydrogens is 730 g/mol. The SMILES string of the molecule is CC(C)[C@H](N)C(=O)OCO[C@H]([C@@H](O)[C@@H](OCc1ccccc1)C(=O)N[C@H]1c2ccccc2C[C@H]1O)[C@@H](OCc1ccccc1)C(=O)N[C@H]1c2ccccc2C[C@H]1O. The molecule has 0 fully saturated rings. The minimum Gasteiger partial charge on any atom is -0.437 e. The summed E-state index contributed by atoms with van der Waals surface area (Å²) >= 11 is 0. The Morgan fingerprint density at radius 3 is 1.60 bits per heavy atom. The summed E-state index contributed by atoms with van der Waals surface area (Å²) in [5, 5.41) is 40.2. The number of carbonyl (C=O) groups is 3. The monoisotopic (exact) mass is 781 g/mol. The molecule has 2 amide bonds. The minimum absolute atomic E-state index is 0.125. The van der Waals surface area contributed by atoms with Gasteiger partial charge in [0.2, 0.25) is 0 Å². The van der Waals surface area contributed by atoms with Crippen molar-refractivity contribution in [3.8, 4) is 0 Å². The summed E-state index contributed by atoms with van der Waals surface area (Å²) in [5.74, 6) is -2.61. The standard InChI is InChI=1S/C44H51N3O10/c1-26(2)35(45)44(53)57-25-56-39(41(55-24-28-15-7-4-8-16-28)43(52)47-37-32-20-12-10-18-30(32)22-34(37)49)38(50)40(54-23-27-13-5-3-6-14-27)42(51)46-36-31-19-11-9-17-29(31)21-33(36)48/h3-20,26,33-41,48-50H,21-25,45H2,1-2H3,(H,46,51)(H,47,52)/t33-,34-,35+,36+,37+,38-,39-,40-,41-/m1/s1. The molecule has 13 heteroatoms. The fourth-order valence-electron chi connectivity index (χ4n) is 7.21. The molecule has 2 aliphatic rings. The first kappa shape index (κ1) is 41.6. The van der Waals surface area contributed by atoms with Crippen LogP contribution < -0.4 is 16.4 Å². The molecule has 0 unspecified atom stereocenters. The van der Waals surface area contributed by atoms with E-state index in [2.05, 4.69) is 10.6 Å². The summed E-state index contributed by atoms with van der Waals surface area (Å²) in [6, 6.07) is 30.0. The zero-order valence-corrected chi connectivity index (χ0v) is 32.0. The van der Waals surface area contributed by atoms with Crippen LogP contribution in [-0.4, -0.2) is 82.6 Å². The van der Waals surface area contributed by atoms with Crippen molar-refractivity contribution in [3.05, 3.63) is 143 Å². The third-order valence-electron chi connectivity index (χ3n) is 10.5. The van der Waals surface area contributed by atoms with Gasteiger partial charge in [-0.1, -0.05) is 123 Å². The normalized spacial score (nSPS) is 21.1. The first-order valence-corrected chi connectivity index (χ1v) is 19.2. The van der Waals surface area contributed by atoms with E-state index in [-0.39, 0.29) is 19.1 Å². The van der Waals surface area contributed by atoms with Crippen molar-refractivity contribution in [2.24, 2.45) is 11.7 Å². The van der Waals surface area contributed by atoms with Crippen LogP contribution in [0.5, 0.6) is 0 Å². The molecule has 57 heavy (non-hydrogen) atoms. The number of carbonyl (C=O) groups excluding carboxylic acids is 3. The maximum atomic E-state index is 14.5. The number of nitrogens with one attached hydrogen (secondary N) is 2. The molecule has 0 bridgehead atoms. The molecule has 7 N–H and O–H groups in total. The van der Waals surface area contributed by atoms with Crippen molar-refractivity contribution < 1.29 is 48.7 Å². The van der Waals surface area contributed by atoms with E-state index in [4.69, 9.17) is 24.7 Å².